The molecule has 0 saturated heterocycles. The van der Waals surface area contributed by atoms with Crippen LogP contribution in [0.3, 0.4) is 0 Å². The third-order valence-electron chi connectivity index (χ3n) is 2.03. The van der Waals surface area contributed by atoms with Gasteiger partial charge in [0, 0.05) is 6.42 Å². The molecule has 0 radical (unpaired) electrons. The fourth-order valence-corrected chi connectivity index (χ4v) is 1.49. The van der Waals surface area contributed by atoms with E-state index in [1.54, 1.807) is 0 Å². The van der Waals surface area contributed by atoms with E-state index in [1.807, 2.05) is 0 Å². The summed E-state index contributed by atoms with van der Waals surface area (Å²) < 4.78 is 5.01. The quantitative estimate of drug-likeness (QED) is 0.632. The molecule has 0 aliphatic heterocycles. The highest BCUT2D eigenvalue weighted by Gasteiger charge is 2.33. The lowest BCUT2D eigenvalue weighted by atomic mass is 10.1. The Morgan fingerprint density at radius 2 is 2.50 bits per heavy atom. The monoisotopic (exact) mass is 168 g/mol. The Kier molecular flexibility index (Phi) is 1.33. The van der Waals surface area contributed by atoms with Gasteiger partial charge in [0.15, 0.2) is 0 Å². The fourth-order valence-electron chi connectivity index (χ4n) is 1.49. The molecule has 64 valence electrons. The average Bonchev–Trinajstić information content (AvgIpc) is 2.43. The van der Waals surface area contributed by atoms with Crippen LogP contribution in [-0.4, -0.2) is 16.1 Å². The van der Waals surface area contributed by atoms with Crippen LogP contribution >= 0.6 is 0 Å². The van der Waals surface area contributed by atoms with Crippen LogP contribution in [0.15, 0.2) is 4.42 Å². The number of hydrogen-bond acceptors (Lipinski definition) is 4. The van der Waals surface area contributed by atoms with Crippen LogP contribution < -0.4 is 5.73 Å². The van der Waals surface area contributed by atoms with Crippen molar-refractivity contribution in [1.29, 1.82) is 0 Å². The Hall–Kier alpha value is -1.52. The first kappa shape index (κ1) is 7.15. The number of nitrogens with zero attached hydrogens (tertiary/aromatic N) is 1. The van der Waals surface area contributed by atoms with E-state index in [0.717, 1.165) is 0 Å². The Morgan fingerprint density at radius 1 is 1.75 bits per heavy atom. The molecule has 0 fully saturated rings. The van der Waals surface area contributed by atoms with E-state index in [-0.39, 0.29) is 6.01 Å². The maximum Gasteiger partial charge on any atom is 0.312 e. The van der Waals surface area contributed by atoms with Gasteiger partial charge in [-0.1, -0.05) is 0 Å². The van der Waals surface area contributed by atoms with Gasteiger partial charge in [0.05, 0.1) is 5.69 Å². The van der Waals surface area contributed by atoms with Crippen molar-refractivity contribution in [3.05, 3.63) is 11.5 Å². The minimum Gasteiger partial charge on any atom is -0.481 e. The van der Waals surface area contributed by atoms with Crippen molar-refractivity contribution >= 4 is 12.0 Å². The molecule has 0 amide bonds. The maximum atomic E-state index is 10.7. The summed E-state index contributed by atoms with van der Waals surface area (Å²) in [5.74, 6) is -0.761. The molecule has 5 nitrogen and oxygen atoms in total. The van der Waals surface area contributed by atoms with E-state index < -0.39 is 11.9 Å². The summed E-state index contributed by atoms with van der Waals surface area (Å²) in [6, 6.07) is 0.0611. The van der Waals surface area contributed by atoms with Crippen LogP contribution in [0, 0.1) is 0 Å². The SMILES string of the molecule is Nc1nc2c(o1)CCC2C(=O)O. The number of anilines is 1. The van der Waals surface area contributed by atoms with E-state index in [2.05, 4.69) is 4.98 Å². The molecule has 0 spiro atoms. The maximum absolute atomic E-state index is 10.7. The van der Waals surface area contributed by atoms with Gasteiger partial charge in [0.25, 0.3) is 6.01 Å². The van der Waals surface area contributed by atoms with E-state index in [1.165, 1.54) is 0 Å². The molecule has 1 aliphatic carbocycles. The third kappa shape index (κ3) is 0.861. The van der Waals surface area contributed by atoms with Gasteiger partial charge in [-0.25, -0.2) is 0 Å². The topological polar surface area (TPSA) is 89.4 Å². The van der Waals surface area contributed by atoms with Gasteiger partial charge in [-0.05, 0) is 6.42 Å². The predicted octanol–water partition coefficient (Wildman–Crippen LogP) is 0.371. The zero-order valence-corrected chi connectivity index (χ0v) is 6.28. The Morgan fingerprint density at radius 3 is 3.17 bits per heavy atom. The van der Waals surface area contributed by atoms with Crippen LogP contribution in [0.1, 0.15) is 23.8 Å². The molecular formula is C7H8N2O3. The van der Waals surface area contributed by atoms with Crippen LogP contribution in [0.2, 0.25) is 0 Å². The molecule has 0 saturated carbocycles. The van der Waals surface area contributed by atoms with Gasteiger partial charge in [0.2, 0.25) is 0 Å². The molecule has 0 aromatic carbocycles. The van der Waals surface area contributed by atoms with Crippen molar-refractivity contribution in [2.45, 2.75) is 18.8 Å². The Labute approximate surface area is 68.2 Å². The summed E-state index contributed by atoms with van der Waals surface area (Å²) in [5.41, 5.74) is 5.78. The number of oxazole rings is 1. The molecule has 12 heavy (non-hydrogen) atoms. The Bertz CT molecular complexity index is 331. The van der Waals surface area contributed by atoms with Crippen molar-refractivity contribution < 1.29 is 14.3 Å². The number of aliphatic carboxylic acids is 1. The van der Waals surface area contributed by atoms with Crippen molar-refractivity contribution in [3.63, 3.8) is 0 Å². The summed E-state index contributed by atoms with van der Waals surface area (Å²) >= 11 is 0. The zero-order chi connectivity index (χ0) is 8.72. The van der Waals surface area contributed by atoms with Crippen LogP contribution in [-0.2, 0) is 11.2 Å². The number of carbonyl (C=O) groups is 1. The number of nitrogens with two attached hydrogens (primary N) is 1. The van der Waals surface area contributed by atoms with E-state index in [4.69, 9.17) is 15.3 Å². The largest absolute Gasteiger partial charge is 0.481 e. The first-order valence-corrected chi connectivity index (χ1v) is 3.66. The van der Waals surface area contributed by atoms with Crippen LogP contribution in [0.5, 0.6) is 0 Å². The summed E-state index contributed by atoms with van der Waals surface area (Å²) in [4.78, 5) is 14.5. The minimum atomic E-state index is -0.859. The second-order valence-corrected chi connectivity index (χ2v) is 2.79. The lowest BCUT2D eigenvalue weighted by Crippen LogP contribution is -2.08. The van der Waals surface area contributed by atoms with Gasteiger partial charge in [-0.3, -0.25) is 4.79 Å². The second-order valence-electron chi connectivity index (χ2n) is 2.79. The molecule has 0 bridgehead atoms. The summed E-state index contributed by atoms with van der Waals surface area (Å²) in [5, 5.41) is 8.75. The molecule has 2 rings (SSSR count). The van der Waals surface area contributed by atoms with E-state index in [9.17, 15) is 4.79 Å². The smallest absolute Gasteiger partial charge is 0.312 e. The number of fused-ring (bicyclic) bond motifs is 1. The number of hydrogen-bond donors (Lipinski definition) is 2. The van der Waals surface area contributed by atoms with Gasteiger partial charge < -0.3 is 15.3 Å². The summed E-state index contributed by atoms with van der Waals surface area (Å²) in [6.07, 6.45) is 1.19. The second kappa shape index (κ2) is 2.23. The van der Waals surface area contributed by atoms with Crippen molar-refractivity contribution in [2.75, 3.05) is 5.73 Å². The van der Waals surface area contributed by atoms with E-state index in [0.29, 0.717) is 24.3 Å². The van der Waals surface area contributed by atoms with Crippen LogP contribution in [0.25, 0.3) is 0 Å². The average molecular weight is 168 g/mol. The number of aryl methyl sites for hydroxylation is 1. The van der Waals surface area contributed by atoms with Crippen molar-refractivity contribution in [3.8, 4) is 0 Å². The lowest BCUT2D eigenvalue weighted by Gasteiger charge is -1.98. The highest BCUT2D eigenvalue weighted by Crippen LogP contribution is 2.33. The van der Waals surface area contributed by atoms with Gasteiger partial charge in [-0.2, -0.15) is 4.98 Å². The molecular weight excluding hydrogens is 160 g/mol. The highest BCUT2D eigenvalue weighted by molar-refractivity contribution is 5.76. The molecule has 1 aliphatic rings. The molecule has 1 heterocycles. The normalized spacial score (nSPS) is 20.8. The summed E-state index contributed by atoms with van der Waals surface area (Å²) in [6.45, 7) is 0. The minimum absolute atomic E-state index is 0.0611. The number of rotatable bonds is 1. The molecule has 5 heteroatoms. The first-order valence-electron chi connectivity index (χ1n) is 3.66. The molecule has 3 N–H and O–H groups in total. The predicted molar refractivity (Wildman–Crippen MR) is 39.6 cm³/mol. The van der Waals surface area contributed by atoms with Gasteiger partial charge >= 0.3 is 5.97 Å². The summed E-state index contributed by atoms with van der Waals surface area (Å²) in [7, 11) is 0. The molecule has 1 aromatic heterocycles. The van der Waals surface area contributed by atoms with Crippen LogP contribution in [0.4, 0.5) is 6.01 Å². The lowest BCUT2D eigenvalue weighted by molar-refractivity contribution is -0.138. The van der Waals surface area contributed by atoms with Gasteiger partial charge in [-0.15, -0.1) is 0 Å². The first-order chi connectivity index (χ1) is 5.68. The zero-order valence-electron chi connectivity index (χ0n) is 6.28. The number of nitrogen functional groups attached to an aromatic ring is 1. The Balaban J connectivity index is 2.41. The molecule has 1 unspecified atom stereocenters. The van der Waals surface area contributed by atoms with Crippen molar-refractivity contribution in [1.82, 2.24) is 4.98 Å². The molecule has 1 atom stereocenters. The number of aromatic nitrogens is 1. The standard InChI is InChI=1S/C7H8N2O3/c8-7-9-5-3(6(10)11)1-2-4(5)12-7/h3H,1-2H2,(H2,8,9)(H,10,11). The fraction of sp³-hybridized carbons (Fsp3) is 0.429. The van der Waals surface area contributed by atoms with E-state index >= 15 is 0 Å². The van der Waals surface area contributed by atoms with Gasteiger partial charge in [0.1, 0.15) is 11.7 Å². The number of carboxylic acid groups (broad SMARTS) is 1. The molecule has 1 aromatic rings. The van der Waals surface area contributed by atoms with Crippen molar-refractivity contribution in [2.24, 2.45) is 0 Å². The highest BCUT2D eigenvalue weighted by atomic mass is 16.4. The number of carboxylic acids is 1. The third-order valence-corrected chi connectivity index (χ3v) is 2.03.